The van der Waals surface area contributed by atoms with Gasteiger partial charge < -0.3 is 10.6 Å². The van der Waals surface area contributed by atoms with Crippen LogP contribution in [0.3, 0.4) is 0 Å². The van der Waals surface area contributed by atoms with Crippen LogP contribution in [-0.4, -0.2) is 18.5 Å². The average molecular weight is 297 g/mol. The van der Waals surface area contributed by atoms with Crippen LogP contribution in [0.25, 0.3) is 0 Å². The molecule has 0 saturated heterocycles. The molecule has 0 atom stereocenters. The zero-order chi connectivity index (χ0) is 12.3. The summed E-state index contributed by atoms with van der Waals surface area (Å²) >= 11 is 3.40. The van der Waals surface area contributed by atoms with Crippen LogP contribution in [0.2, 0.25) is 0 Å². The highest BCUT2D eigenvalue weighted by atomic mass is 79.9. The molecule has 1 amide bonds. The first-order valence-corrected chi connectivity index (χ1v) is 6.74. The van der Waals surface area contributed by atoms with Crippen LogP contribution >= 0.6 is 15.9 Å². The summed E-state index contributed by atoms with van der Waals surface area (Å²) in [6, 6.07) is 6.52. The molecule has 2 N–H and O–H groups in total. The molecular formula is C13H17BrN2O. The zero-order valence-electron chi connectivity index (χ0n) is 9.92. The lowest BCUT2D eigenvalue weighted by molar-refractivity contribution is -0.116. The third kappa shape index (κ3) is 4.13. The van der Waals surface area contributed by atoms with Gasteiger partial charge in [-0.25, -0.2) is 0 Å². The molecule has 1 aliphatic carbocycles. The number of nitrogens with one attached hydrogen (secondary N) is 2. The molecule has 0 unspecified atom stereocenters. The average Bonchev–Trinajstić information content (AvgIpc) is 3.06. The van der Waals surface area contributed by atoms with Crippen LogP contribution < -0.4 is 10.6 Å². The van der Waals surface area contributed by atoms with E-state index in [9.17, 15) is 4.79 Å². The summed E-state index contributed by atoms with van der Waals surface area (Å²) in [6.45, 7) is 2.76. The summed E-state index contributed by atoms with van der Waals surface area (Å²) in [5, 5.41) is 6.26. The predicted molar refractivity (Wildman–Crippen MR) is 73.2 cm³/mol. The number of rotatable bonds is 5. The second kappa shape index (κ2) is 5.65. The van der Waals surface area contributed by atoms with Gasteiger partial charge in [-0.05, 0) is 43.5 Å². The van der Waals surface area contributed by atoms with E-state index in [-0.39, 0.29) is 5.91 Å². The van der Waals surface area contributed by atoms with Gasteiger partial charge in [0.2, 0.25) is 5.91 Å². The van der Waals surface area contributed by atoms with E-state index in [1.807, 2.05) is 25.1 Å². The standard InChI is InChI=1S/C13H17BrN2O/c1-9-8-10(14)2-5-12(9)16-13(17)6-7-15-11-3-4-11/h2,5,8,11,15H,3-4,6-7H2,1H3,(H,16,17). The van der Waals surface area contributed by atoms with Crippen molar-refractivity contribution in [3.8, 4) is 0 Å². The Labute approximate surface area is 110 Å². The first-order chi connectivity index (χ1) is 8.15. The van der Waals surface area contributed by atoms with Crippen LogP contribution in [-0.2, 0) is 4.79 Å². The molecule has 0 heterocycles. The summed E-state index contributed by atoms with van der Waals surface area (Å²) in [7, 11) is 0. The number of hydrogen-bond acceptors (Lipinski definition) is 2. The van der Waals surface area contributed by atoms with Gasteiger partial charge in [-0.1, -0.05) is 15.9 Å². The van der Waals surface area contributed by atoms with Gasteiger partial charge in [0, 0.05) is 29.2 Å². The van der Waals surface area contributed by atoms with E-state index in [4.69, 9.17) is 0 Å². The Morgan fingerprint density at radius 3 is 2.88 bits per heavy atom. The van der Waals surface area contributed by atoms with Gasteiger partial charge in [0.25, 0.3) is 0 Å². The van der Waals surface area contributed by atoms with Crippen LogP contribution in [0.4, 0.5) is 5.69 Å². The normalized spacial score (nSPS) is 14.7. The molecule has 0 spiro atoms. The van der Waals surface area contributed by atoms with E-state index >= 15 is 0 Å². The summed E-state index contributed by atoms with van der Waals surface area (Å²) in [5.74, 6) is 0.0728. The van der Waals surface area contributed by atoms with E-state index in [1.54, 1.807) is 0 Å². The minimum absolute atomic E-state index is 0.0728. The number of halogens is 1. The van der Waals surface area contributed by atoms with Crippen molar-refractivity contribution in [1.29, 1.82) is 0 Å². The van der Waals surface area contributed by atoms with Crippen LogP contribution in [0.1, 0.15) is 24.8 Å². The van der Waals surface area contributed by atoms with Crippen LogP contribution in [0, 0.1) is 6.92 Å². The lowest BCUT2D eigenvalue weighted by Gasteiger charge is -2.09. The van der Waals surface area contributed by atoms with Crippen molar-refractivity contribution in [2.24, 2.45) is 0 Å². The van der Waals surface area contributed by atoms with Gasteiger partial charge in [-0.3, -0.25) is 4.79 Å². The number of amides is 1. The Balaban J connectivity index is 1.79. The highest BCUT2D eigenvalue weighted by Gasteiger charge is 2.20. The predicted octanol–water partition coefficient (Wildman–Crippen LogP) is 2.84. The van der Waals surface area contributed by atoms with E-state index < -0.39 is 0 Å². The Hall–Kier alpha value is -0.870. The number of anilines is 1. The SMILES string of the molecule is Cc1cc(Br)ccc1NC(=O)CCNC1CC1. The fourth-order valence-electron chi connectivity index (χ4n) is 1.66. The molecule has 0 aliphatic heterocycles. The van der Waals surface area contributed by atoms with Gasteiger partial charge >= 0.3 is 0 Å². The molecule has 1 fully saturated rings. The number of benzene rings is 1. The molecule has 92 valence electrons. The van der Waals surface area contributed by atoms with Crippen molar-refractivity contribution in [2.45, 2.75) is 32.2 Å². The monoisotopic (exact) mass is 296 g/mol. The summed E-state index contributed by atoms with van der Waals surface area (Å²) in [6.07, 6.45) is 3.05. The molecule has 1 aromatic rings. The minimum atomic E-state index is 0.0728. The number of hydrogen-bond donors (Lipinski definition) is 2. The lowest BCUT2D eigenvalue weighted by Crippen LogP contribution is -2.23. The van der Waals surface area contributed by atoms with Crippen molar-refractivity contribution in [1.82, 2.24) is 5.32 Å². The van der Waals surface area contributed by atoms with Gasteiger partial charge in [-0.15, -0.1) is 0 Å². The topological polar surface area (TPSA) is 41.1 Å². The second-order valence-corrected chi connectivity index (χ2v) is 5.40. The van der Waals surface area contributed by atoms with Crippen LogP contribution in [0.15, 0.2) is 22.7 Å². The highest BCUT2D eigenvalue weighted by Crippen LogP contribution is 2.20. The van der Waals surface area contributed by atoms with E-state index in [1.165, 1.54) is 12.8 Å². The highest BCUT2D eigenvalue weighted by molar-refractivity contribution is 9.10. The largest absolute Gasteiger partial charge is 0.326 e. The Morgan fingerprint density at radius 2 is 2.24 bits per heavy atom. The van der Waals surface area contributed by atoms with Gasteiger partial charge in [0.1, 0.15) is 0 Å². The molecule has 17 heavy (non-hydrogen) atoms. The molecule has 2 rings (SSSR count). The summed E-state index contributed by atoms with van der Waals surface area (Å²) < 4.78 is 1.03. The third-order valence-corrected chi connectivity index (χ3v) is 3.32. The molecule has 0 radical (unpaired) electrons. The molecule has 1 aromatic carbocycles. The van der Waals surface area contributed by atoms with E-state index in [0.29, 0.717) is 12.5 Å². The fraction of sp³-hybridized carbons (Fsp3) is 0.462. The summed E-state index contributed by atoms with van der Waals surface area (Å²) in [5.41, 5.74) is 1.97. The van der Waals surface area contributed by atoms with E-state index in [2.05, 4.69) is 26.6 Å². The van der Waals surface area contributed by atoms with Crippen molar-refractivity contribution in [2.75, 3.05) is 11.9 Å². The van der Waals surface area contributed by atoms with E-state index in [0.717, 1.165) is 22.3 Å². The molecule has 0 aromatic heterocycles. The minimum Gasteiger partial charge on any atom is -0.326 e. The molecular weight excluding hydrogens is 280 g/mol. The maximum Gasteiger partial charge on any atom is 0.225 e. The Morgan fingerprint density at radius 1 is 1.47 bits per heavy atom. The van der Waals surface area contributed by atoms with Crippen molar-refractivity contribution in [3.63, 3.8) is 0 Å². The smallest absolute Gasteiger partial charge is 0.225 e. The fourth-order valence-corrected chi connectivity index (χ4v) is 2.13. The number of carbonyl (C=O) groups excluding carboxylic acids is 1. The van der Waals surface area contributed by atoms with Gasteiger partial charge in [0.15, 0.2) is 0 Å². The van der Waals surface area contributed by atoms with Crippen molar-refractivity contribution in [3.05, 3.63) is 28.2 Å². The summed E-state index contributed by atoms with van der Waals surface area (Å²) in [4.78, 5) is 11.7. The maximum absolute atomic E-state index is 11.7. The second-order valence-electron chi connectivity index (χ2n) is 4.49. The number of carbonyl (C=O) groups is 1. The van der Waals surface area contributed by atoms with Gasteiger partial charge in [-0.2, -0.15) is 0 Å². The Kier molecular flexibility index (Phi) is 4.18. The molecule has 0 bridgehead atoms. The molecule has 4 heteroatoms. The Bertz CT molecular complexity index is 416. The zero-order valence-corrected chi connectivity index (χ0v) is 11.5. The maximum atomic E-state index is 11.7. The quantitative estimate of drug-likeness (QED) is 0.877. The lowest BCUT2D eigenvalue weighted by atomic mass is 10.2. The van der Waals surface area contributed by atoms with Crippen molar-refractivity contribution >= 4 is 27.5 Å². The first kappa shape index (κ1) is 12.6. The van der Waals surface area contributed by atoms with Crippen LogP contribution in [0.5, 0.6) is 0 Å². The molecule has 3 nitrogen and oxygen atoms in total. The first-order valence-electron chi connectivity index (χ1n) is 5.94. The van der Waals surface area contributed by atoms with Gasteiger partial charge in [0.05, 0.1) is 0 Å². The number of aryl methyl sites for hydroxylation is 1. The third-order valence-electron chi connectivity index (χ3n) is 2.82. The molecule has 1 saturated carbocycles. The van der Waals surface area contributed by atoms with Crippen molar-refractivity contribution < 1.29 is 4.79 Å². The molecule has 1 aliphatic rings.